The van der Waals surface area contributed by atoms with Crippen molar-refractivity contribution in [3.63, 3.8) is 0 Å². The van der Waals surface area contributed by atoms with Gasteiger partial charge in [-0.3, -0.25) is 9.56 Å². The Labute approximate surface area is 122 Å². The maximum atomic E-state index is 12.2. The van der Waals surface area contributed by atoms with Gasteiger partial charge in [-0.1, -0.05) is 0 Å². The molecule has 2 N–H and O–H groups in total. The summed E-state index contributed by atoms with van der Waals surface area (Å²) in [5, 5.41) is 0. The topological polar surface area (TPSA) is 67.4 Å². The summed E-state index contributed by atoms with van der Waals surface area (Å²) in [6.45, 7) is 0. The number of hydrogen-bond acceptors (Lipinski definition) is 4. The highest BCUT2D eigenvalue weighted by Gasteiger charge is 2.13. The molecule has 2 aromatic rings. The number of ether oxygens (including phenoxy) is 1. The van der Waals surface area contributed by atoms with Crippen LogP contribution in [-0.2, 0) is 10.0 Å². The van der Waals surface area contributed by atoms with Gasteiger partial charge in [0.25, 0.3) is 10.0 Å². The Morgan fingerprint density at radius 2 is 1.50 bits per heavy atom. The van der Waals surface area contributed by atoms with Gasteiger partial charge in [-0.2, -0.15) is 0 Å². The molecule has 7 heteroatoms. The van der Waals surface area contributed by atoms with Gasteiger partial charge in [0.1, 0.15) is 5.75 Å². The molecule has 0 heterocycles. The summed E-state index contributed by atoms with van der Waals surface area (Å²) in [6.07, 6.45) is 0. The van der Waals surface area contributed by atoms with Crippen LogP contribution in [0.3, 0.4) is 0 Å². The van der Waals surface area contributed by atoms with Crippen LogP contribution < -0.4 is 14.3 Å². The van der Waals surface area contributed by atoms with Crippen LogP contribution in [0.25, 0.3) is 0 Å². The van der Waals surface area contributed by atoms with Crippen molar-refractivity contribution in [1.82, 2.24) is 0 Å². The van der Waals surface area contributed by atoms with Crippen molar-refractivity contribution in [2.75, 3.05) is 16.7 Å². The monoisotopic (exact) mass is 312 g/mol. The molecule has 0 saturated carbocycles. The smallest absolute Gasteiger partial charge is 0.261 e. The van der Waals surface area contributed by atoms with Crippen LogP contribution in [0.5, 0.6) is 5.75 Å². The summed E-state index contributed by atoms with van der Waals surface area (Å²) in [4.78, 5) is 2.57. The average Bonchev–Trinajstić information content (AvgIpc) is 2.48. The fraction of sp³-hybridized carbons (Fsp3) is 0.0769. The van der Waals surface area contributed by atoms with Gasteiger partial charge in [-0.15, -0.1) is 0 Å². The second-order valence-electron chi connectivity index (χ2n) is 3.95. The number of benzene rings is 2. The van der Waals surface area contributed by atoms with E-state index in [0.29, 0.717) is 17.1 Å². The quantitative estimate of drug-likeness (QED) is 0.833. The van der Waals surface area contributed by atoms with Gasteiger partial charge in [-0.25, -0.2) is 8.42 Å². The summed E-state index contributed by atoms with van der Waals surface area (Å²) in [5.74, 6) is 0.658. The molecular weight excluding hydrogens is 300 g/mol. The SMILES string of the molecule is COc1ccc(NS(=O)(=O)c2ccc(NCl)cc2)cc1. The molecule has 2 rings (SSSR count). The van der Waals surface area contributed by atoms with E-state index in [0.717, 1.165) is 0 Å². The minimum atomic E-state index is -3.62. The van der Waals surface area contributed by atoms with Crippen molar-refractivity contribution in [1.29, 1.82) is 0 Å². The Hall–Kier alpha value is -1.92. The summed E-state index contributed by atoms with van der Waals surface area (Å²) >= 11 is 5.42. The normalized spacial score (nSPS) is 10.9. The second kappa shape index (κ2) is 6.02. The predicted octanol–water partition coefficient (Wildman–Crippen LogP) is 3.06. The van der Waals surface area contributed by atoms with Gasteiger partial charge < -0.3 is 4.74 Å². The van der Waals surface area contributed by atoms with Gasteiger partial charge in [-0.05, 0) is 48.5 Å². The third-order valence-corrected chi connectivity index (χ3v) is 4.23. The standard InChI is InChI=1S/C13H13ClN2O3S/c1-19-12-6-2-11(3-7-12)16-20(17,18)13-8-4-10(15-14)5-9-13/h2-9,15-16H,1H3. The summed E-state index contributed by atoms with van der Waals surface area (Å²) < 4.78 is 31.8. The van der Waals surface area contributed by atoms with Gasteiger partial charge in [0.15, 0.2) is 0 Å². The molecule has 0 aliphatic carbocycles. The molecule has 0 unspecified atom stereocenters. The first-order valence-electron chi connectivity index (χ1n) is 5.69. The predicted molar refractivity (Wildman–Crippen MR) is 79.7 cm³/mol. The fourth-order valence-electron chi connectivity index (χ4n) is 1.57. The zero-order valence-electron chi connectivity index (χ0n) is 10.6. The van der Waals surface area contributed by atoms with Crippen LogP contribution in [0.15, 0.2) is 53.4 Å². The Balaban J connectivity index is 2.20. The lowest BCUT2D eigenvalue weighted by Crippen LogP contribution is -2.12. The van der Waals surface area contributed by atoms with E-state index < -0.39 is 10.0 Å². The third kappa shape index (κ3) is 3.34. The number of rotatable bonds is 5. The molecule has 20 heavy (non-hydrogen) atoms. The lowest BCUT2D eigenvalue weighted by atomic mass is 10.3. The van der Waals surface area contributed by atoms with E-state index in [9.17, 15) is 8.42 Å². The van der Waals surface area contributed by atoms with Crippen LogP contribution in [0.2, 0.25) is 0 Å². The molecule has 0 aromatic heterocycles. The maximum absolute atomic E-state index is 12.2. The van der Waals surface area contributed by atoms with E-state index >= 15 is 0 Å². The highest BCUT2D eigenvalue weighted by Crippen LogP contribution is 2.20. The summed E-state index contributed by atoms with van der Waals surface area (Å²) in [7, 11) is -2.07. The number of halogens is 1. The Kier molecular flexibility index (Phi) is 4.36. The molecule has 0 spiro atoms. The minimum absolute atomic E-state index is 0.156. The molecule has 0 aliphatic heterocycles. The van der Waals surface area contributed by atoms with E-state index in [1.54, 1.807) is 43.5 Å². The van der Waals surface area contributed by atoms with E-state index in [2.05, 4.69) is 9.56 Å². The van der Waals surface area contributed by atoms with Crippen LogP contribution >= 0.6 is 11.8 Å². The van der Waals surface area contributed by atoms with Gasteiger partial charge in [0.2, 0.25) is 0 Å². The van der Waals surface area contributed by atoms with Crippen LogP contribution in [0.4, 0.5) is 11.4 Å². The number of hydrogen-bond donors (Lipinski definition) is 2. The van der Waals surface area contributed by atoms with E-state index in [4.69, 9.17) is 16.5 Å². The van der Waals surface area contributed by atoms with E-state index in [1.165, 1.54) is 12.1 Å². The highest BCUT2D eigenvalue weighted by atomic mass is 35.5. The zero-order valence-corrected chi connectivity index (χ0v) is 12.2. The Morgan fingerprint density at radius 1 is 0.950 bits per heavy atom. The Bertz CT molecular complexity index is 670. The summed E-state index contributed by atoms with van der Waals surface area (Å²) in [6, 6.07) is 12.7. The largest absolute Gasteiger partial charge is 0.497 e. The third-order valence-electron chi connectivity index (χ3n) is 2.62. The lowest BCUT2D eigenvalue weighted by Gasteiger charge is -2.09. The molecule has 0 amide bonds. The van der Waals surface area contributed by atoms with Crippen molar-refractivity contribution in [2.45, 2.75) is 4.90 Å². The fourth-order valence-corrected chi connectivity index (χ4v) is 2.75. The molecule has 0 radical (unpaired) electrons. The molecule has 5 nitrogen and oxygen atoms in total. The van der Waals surface area contributed by atoms with Gasteiger partial charge in [0.05, 0.1) is 12.0 Å². The van der Waals surface area contributed by atoms with Gasteiger partial charge >= 0.3 is 0 Å². The number of nitrogens with one attached hydrogen (secondary N) is 2. The number of anilines is 2. The maximum Gasteiger partial charge on any atom is 0.261 e. The summed E-state index contributed by atoms with van der Waals surface area (Å²) in [5.41, 5.74) is 1.08. The Morgan fingerprint density at radius 3 is 2.00 bits per heavy atom. The second-order valence-corrected chi connectivity index (χ2v) is 5.82. The van der Waals surface area contributed by atoms with Crippen LogP contribution in [0.1, 0.15) is 0 Å². The lowest BCUT2D eigenvalue weighted by molar-refractivity contribution is 0.415. The molecule has 106 valence electrons. The molecule has 0 saturated heterocycles. The van der Waals surface area contributed by atoms with Crippen molar-refractivity contribution < 1.29 is 13.2 Å². The first-order chi connectivity index (χ1) is 9.55. The van der Waals surface area contributed by atoms with Gasteiger partial charge in [0, 0.05) is 23.2 Å². The molecular formula is C13H13ClN2O3S. The first kappa shape index (κ1) is 14.5. The van der Waals surface area contributed by atoms with E-state index in [-0.39, 0.29) is 4.90 Å². The molecule has 0 bridgehead atoms. The van der Waals surface area contributed by atoms with Crippen molar-refractivity contribution in [2.24, 2.45) is 0 Å². The number of methoxy groups -OCH3 is 1. The molecule has 0 atom stereocenters. The van der Waals surface area contributed by atoms with Crippen LogP contribution in [0, 0.1) is 0 Å². The number of sulfonamides is 1. The van der Waals surface area contributed by atoms with Crippen molar-refractivity contribution >= 4 is 33.2 Å². The van der Waals surface area contributed by atoms with Crippen LogP contribution in [-0.4, -0.2) is 15.5 Å². The highest BCUT2D eigenvalue weighted by molar-refractivity contribution is 7.92. The van der Waals surface area contributed by atoms with Crippen molar-refractivity contribution in [3.05, 3.63) is 48.5 Å². The molecule has 0 fully saturated rings. The average molecular weight is 313 g/mol. The van der Waals surface area contributed by atoms with Crippen molar-refractivity contribution in [3.8, 4) is 5.75 Å². The first-order valence-corrected chi connectivity index (χ1v) is 7.55. The van der Waals surface area contributed by atoms with E-state index in [1.807, 2.05) is 0 Å². The minimum Gasteiger partial charge on any atom is -0.497 e. The molecule has 0 aliphatic rings. The zero-order chi connectivity index (χ0) is 14.6. The molecule has 2 aromatic carbocycles.